The molecule has 0 N–H and O–H groups in total. The van der Waals surface area contributed by atoms with E-state index in [0.717, 1.165) is 17.6 Å². The van der Waals surface area contributed by atoms with E-state index < -0.39 is 5.41 Å². The van der Waals surface area contributed by atoms with Gasteiger partial charge in [-0.25, -0.2) is 0 Å². The average Bonchev–Trinajstić information content (AvgIpc) is 2.62. The van der Waals surface area contributed by atoms with Crippen LogP contribution in [0.1, 0.15) is 63.3 Å². The summed E-state index contributed by atoms with van der Waals surface area (Å²) in [6.07, 6.45) is 0.746. The van der Waals surface area contributed by atoms with Gasteiger partial charge in [0.1, 0.15) is 6.07 Å². The van der Waals surface area contributed by atoms with Crippen molar-refractivity contribution in [3.63, 3.8) is 0 Å². The molecule has 0 amide bonds. The summed E-state index contributed by atoms with van der Waals surface area (Å²) in [4.78, 5) is 12.7. The van der Waals surface area contributed by atoms with E-state index in [1.807, 2.05) is 20.8 Å². The third-order valence-corrected chi connectivity index (χ3v) is 4.63. The van der Waals surface area contributed by atoms with Crippen molar-refractivity contribution >= 4 is 11.4 Å². The van der Waals surface area contributed by atoms with Crippen molar-refractivity contribution in [1.29, 1.82) is 5.26 Å². The van der Waals surface area contributed by atoms with Gasteiger partial charge in [-0.2, -0.15) is 5.26 Å². The summed E-state index contributed by atoms with van der Waals surface area (Å²) in [5, 5.41) is 9.61. The third kappa shape index (κ3) is 2.61. The quantitative estimate of drug-likeness (QED) is 0.547. The summed E-state index contributed by atoms with van der Waals surface area (Å²) in [6, 6.07) is 6.55. The highest BCUT2D eigenvalue weighted by Crippen LogP contribution is 2.48. The second-order valence-electron chi connectivity index (χ2n) is 8.09. The van der Waals surface area contributed by atoms with Crippen molar-refractivity contribution in [2.24, 2.45) is 5.41 Å². The first-order valence-corrected chi connectivity index (χ1v) is 7.79. The van der Waals surface area contributed by atoms with Gasteiger partial charge in [-0.3, -0.25) is 4.79 Å². The highest BCUT2D eigenvalue weighted by molar-refractivity contribution is 6.09. The number of nitrogens with zero attached hydrogens (tertiary/aromatic N) is 1. The molecule has 1 aliphatic rings. The van der Waals surface area contributed by atoms with E-state index in [2.05, 4.69) is 45.9 Å². The van der Waals surface area contributed by atoms with Crippen LogP contribution in [0.2, 0.25) is 0 Å². The van der Waals surface area contributed by atoms with Gasteiger partial charge < -0.3 is 0 Å². The molecule has 0 heterocycles. The van der Waals surface area contributed by atoms with Gasteiger partial charge >= 0.3 is 0 Å². The van der Waals surface area contributed by atoms with Crippen LogP contribution in [-0.2, 0) is 10.2 Å². The molecule has 0 fully saturated rings. The van der Waals surface area contributed by atoms with Crippen LogP contribution < -0.4 is 0 Å². The van der Waals surface area contributed by atoms with Crippen molar-refractivity contribution in [3.8, 4) is 6.07 Å². The summed E-state index contributed by atoms with van der Waals surface area (Å²) in [5.74, 6) is -0.0631. The number of Topliss-reactive ketones (excluding diaryl/α,β-unsaturated/α-hetero) is 1. The van der Waals surface area contributed by atoms with Crippen LogP contribution in [0.4, 0.5) is 0 Å². The third-order valence-electron chi connectivity index (χ3n) is 4.63. The Balaban J connectivity index is 2.76. The highest BCUT2D eigenvalue weighted by Gasteiger charge is 2.38. The Kier molecular flexibility index (Phi) is 3.81. The van der Waals surface area contributed by atoms with E-state index in [1.54, 1.807) is 0 Å². The van der Waals surface area contributed by atoms with Gasteiger partial charge in [0, 0.05) is 5.41 Å². The molecule has 0 saturated heterocycles. The second kappa shape index (κ2) is 5.09. The maximum atomic E-state index is 12.7. The van der Waals surface area contributed by atoms with Crippen LogP contribution in [0.5, 0.6) is 0 Å². The van der Waals surface area contributed by atoms with E-state index in [0.29, 0.717) is 5.57 Å². The van der Waals surface area contributed by atoms with Crippen molar-refractivity contribution in [3.05, 3.63) is 40.0 Å². The minimum atomic E-state index is -0.537. The zero-order valence-electron chi connectivity index (χ0n) is 14.7. The number of fused-ring (bicyclic) bond motifs is 1. The first-order chi connectivity index (χ1) is 9.99. The standard InChI is InChI=1S/C20H25NO/c1-12-8-14-15(16(11-21)18(22)19(3,4)5)10-20(6,7)17(14)9-13(12)2/h8-9H,10H2,1-7H3/b16-15+. The van der Waals surface area contributed by atoms with Crippen LogP contribution in [0.3, 0.4) is 0 Å². The van der Waals surface area contributed by atoms with Crippen molar-refractivity contribution < 1.29 is 4.79 Å². The zero-order valence-corrected chi connectivity index (χ0v) is 14.7. The number of rotatable bonds is 1. The van der Waals surface area contributed by atoms with Gasteiger partial charge in [0.2, 0.25) is 0 Å². The van der Waals surface area contributed by atoms with Crippen LogP contribution in [0, 0.1) is 30.6 Å². The summed E-state index contributed by atoms with van der Waals surface area (Å²) in [7, 11) is 0. The summed E-state index contributed by atoms with van der Waals surface area (Å²) < 4.78 is 0. The maximum Gasteiger partial charge on any atom is 0.178 e. The normalized spacial score (nSPS) is 18.6. The van der Waals surface area contributed by atoms with E-state index in [9.17, 15) is 10.1 Å². The van der Waals surface area contributed by atoms with Gasteiger partial charge in [-0.1, -0.05) is 46.8 Å². The zero-order chi connectivity index (χ0) is 16.9. The molecule has 2 nitrogen and oxygen atoms in total. The summed E-state index contributed by atoms with van der Waals surface area (Å²) >= 11 is 0. The molecule has 0 spiro atoms. The number of hydrogen-bond donors (Lipinski definition) is 0. The van der Waals surface area contributed by atoms with E-state index >= 15 is 0 Å². The fourth-order valence-corrected chi connectivity index (χ4v) is 3.11. The first-order valence-electron chi connectivity index (χ1n) is 7.79. The SMILES string of the molecule is Cc1cc2c(cc1C)C(C)(C)C/C2=C(/C#N)C(=O)C(C)(C)C. The molecule has 1 aromatic carbocycles. The minimum Gasteiger partial charge on any atom is -0.293 e. The molecule has 1 aromatic rings. The Morgan fingerprint density at radius 1 is 1.18 bits per heavy atom. The van der Waals surface area contributed by atoms with Crippen molar-refractivity contribution in [2.45, 2.75) is 60.3 Å². The first kappa shape index (κ1) is 16.5. The molecule has 22 heavy (non-hydrogen) atoms. The van der Waals surface area contributed by atoms with Gasteiger partial charge in [0.25, 0.3) is 0 Å². The summed E-state index contributed by atoms with van der Waals surface area (Å²) in [6.45, 7) is 14.2. The van der Waals surface area contributed by atoms with Gasteiger partial charge in [0.15, 0.2) is 5.78 Å². The van der Waals surface area contributed by atoms with Crippen molar-refractivity contribution in [2.75, 3.05) is 0 Å². The molecular formula is C20H25NO. The average molecular weight is 295 g/mol. The lowest BCUT2D eigenvalue weighted by Gasteiger charge is -2.19. The smallest absolute Gasteiger partial charge is 0.178 e. The highest BCUT2D eigenvalue weighted by atomic mass is 16.1. The van der Waals surface area contributed by atoms with E-state index in [4.69, 9.17) is 0 Å². The number of carbonyl (C=O) groups excluding carboxylic acids is 1. The van der Waals surface area contributed by atoms with Crippen LogP contribution in [0.25, 0.3) is 5.57 Å². The fourth-order valence-electron chi connectivity index (χ4n) is 3.11. The fraction of sp³-hybridized carbons (Fsp3) is 0.500. The van der Waals surface area contributed by atoms with Gasteiger partial charge in [-0.05, 0) is 53.5 Å². The number of aryl methyl sites for hydroxylation is 2. The summed E-state index contributed by atoms with van der Waals surface area (Å²) in [5.41, 5.74) is 5.48. The molecule has 1 aliphatic carbocycles. The molecule has 0 radical (unpaired) electrons. The molecule has 2 rings (SSSR count). The van der Waals surface area contributed by atoms with Crippen LogP contribution >= 0.6 is 0 Å². The number of carbonyl (C=O) groups is 1. The molecule has 0 saturated carbocycles. The predicted octanol–water partition coefficient (Wildman–Crippen LogP) is 4.88. The largest absolute Gasteiger partial charge is 0.293 e. The number of benzene rings is 1. The van der Waals surface area contributed by atoms with E-state index in [-0.39, 0.29) is 11.2 Å². The molecular weight excluding hydrogens is 270 g/mol. The minimum absolute atomic E-state index is 0.0383. The Bertz CT molecular complexity index is 721. The molecule has 0 unspecified atom stereocenters. The lowest BCUT2D eigenvalue weighted by atomic mass is 9.83. The second-order valence-corrected chi connectivity index (χ2v) is 8.09. The van der Waals surface area contributed by atoms with Crippen molar-refractivity contribution in [1.82, 2.24) is 0 Å². The molecule has 2 heteroatoms. The van der Waals surface area contributed by atoms with Gasteiger partial charge in [0.05, 0.1) is 5.57 Å². The van der Waals surface area contributed by atoms with Gasteiger partial charge in [-0.15, -0.1) is 0 Å². The number of allylic oxidation sites excluding steroid dienone is 2. The monoisotopic (exact) mass is 295 g/mol. The molecule has 0 aliphatic heterocycles. The van der Waals surface area contributed by atoms with Crippen LogP contribution in [0.15, 0.2) is 17.7 Å². The molecule has 0 aromatic heterocycles. The molecule has 0 bridgehead atoms. The lowest BCUT2D eigenvalue weighted by molar-refractivity contribution is -0.122. The Labute approximate surface area is 133 Å². The van der Waals surface area contributed by atoms with Crippen LogP contribution in [-0.4, -0.2) is 5.78 Å². The Hall–Kier alpha value is -1.88. The van der Waals surface area contributed by atoms with E-state index in [1.165, 1.54) is 16.7 Å². The lowest BCUT2D eigenvalue weighted by Crippen LogP contribution is -2.22. The topological polar surface area (TPSA) is 40.9 Å². The molecule has 0 atom stereocenters. The number of nitriles is 1. The predicted molar refractivity (Wildman–Crippen MR) is 90.6 cm³/mol. The number of ketones is 1. The number of hydrogen-bond acceptors (Lipinski definition) is 2. The molecule has 116 valence electrons. The maximum absolute atomic E-state index is 12.7. The Morgan fingerprint density at radius 2 is 1.73 bits per heavy atom. The Morgan fingerprint density at radius 3 is 2.23 bits per heavy atom.